The fraction of sp³-hybridized carbons (Fsp3) is 0.190. The van der Waals surface area contributed by atoms with Gasteiger partial charge in [0.25, 0.3) is 0 Å². The highest BCUT2D eigenvalue weighted by Gasteiger charge is 2.20. The number of hydrogen-bond donors (Lipinski definition) is 5. The number of hydrogen-bond acceptors (Lipinski definition) is 23. The second-order valence-corrected chi connectivity index (χ2v) is 15.0. The van der Waals surface area contributed by atoms with Crippen molar-refractivity contribution in [1.82, 2.24) is 4.98 Å². The van der Waals surface area contributed by atoms with E-state index in [1.807, 2.05) is 0 Å². The molecule has 0 aliphatic heterocycles. The van der Waals surface area contributed by atoms with Crippen molar-refractivity contribution in [1.29, 1.82) is 0 Å². The zero-order chi connectivity index (χ0) is 35.4. The van der Waals surface area contributed by atoms with Crippen LogP contribution in [-0.4, -0.2) is 70.0 Å². The number of nitrogens with zero attached hydrogens (tertiary/aromatic N) is 5. The monoisotopic (exact) mass is 773 g/mol. The van der Waals surface area contributed by atoms with E-state index in [9.17, 15) is 25.3 Å². The second-order valence-electron chi connectivity index (χ2n) is 8.47. The topological polar surface area (TPSA) is 333 Å². The summed E-state index contributed by atoms with van der Waals surface area (Å²) in [6.07, 6.45) is 0. The molecule has 3 aromatic rings. The first-order valence-electron chi connectivity index (χ1n) is 12.3. The van der Waals surface area contributed by atoms with Crippen LogP contribution in [0.4, 0.5) is 34.4 Å². The van der Waals surface area contributed by atoms with Gasteiger partial charge in [0.05, 0.1) is 57.1 Å². The lowest BCUT2D eigenvalue weighted by atomic mass is 10.3. The highest BCUT2D eigenvalue weighted by molar-refractivity contribution is 7.95. The maximum atomic E-state index is 12.6. The number of nitrogens with two attached hydrogens (primary N) is 2. The Morgan fingerprint density at radius 3 is 1.90 bits per heavy atom. The molecule has 7 N–H and O–H groups in total. The van der Waals surface area contributed by atoms with E-state index < -0.39 is 48.2 Å². The van der Waals surface area contributed by atoms with Crippen molar-refractivity contribution in [3.63, 3.8) is 0 Å². The molecule has 0 radical (unpaired) electrons. The molecule has 0 amide bonds. The molecule has 262 valence electrons. The lowest BCUT2D eigenvalue weighted by Crippen LogP contribution is -2.15. The number of aromatic nitrogens is 1. The Balaban J connectivity index is 1.79. The van der Waals surface area contributed by atoms with Gasteiger partial charge in [-0.05, 0) is 42.5 Å². The van der Waals surface area contributed by atoms with E-state index in [1.54, 1.807) is 0 Å². The number of sulfone groups is 2. The van der Waals surface area contributed by atoms with E-state index in [1.165, 1.54) is 36.4 Å². The van der Waals surface area contributed by atoms with Crippen LogP contribution >= 0.6 is 24.4 Å². The van der Waals surface area contributed by atoms with Crippen LogP contribution in [0.1, 0.15) is 0 Å². The normalized spacial score (nSPS) is 12.7. The van der Waals surface area contributed by atoms with Crippen molar-refractivity contribution in [2.24, 2.45) is 20.5 Å². The quantitative estimate of drug-likeness (QED) is 0.0288. The first-order chi connectivity index (χ1) is 22.6. The largest absolute Gasteiger partial charge is 0.397 e. The minimum Gasteiger partial charge on any atom is -0.382 e. The number of azo groups is 2. The minimum absolute atomic E-state index is 0.00117. The van der Waals surface area contributed by atoms with E-state index >= 15 is 0 Å². The summed E-state index contributed by atoms with van der Waals surface area (Å²) in [5.41, 5.74) is 12.0. The molecule has 0 fully saturated rings. The van der Waals surface area contributed by atoms with Gasteiger partial charge >= 0.3 is 10.4 Å². The number of rotatable bonds is 19. The van der Waals surface area contributed by atoms with Crippen molar-refractivity contribution in [2.75, 3.05) is 36.2 Å². The lowest BCUT2D eigenvalue weighted by Gasteiger charge is -2.08. The first kappa shape index (κ1) is 39.0. The van der Waals surface area contributed by atoms with Crippen molar-refractivity contribution < 1.29 is 67.4 Å². The number of nitrogen functional groups attached to an aromatic ring is 2. The molecule has 0 saturated carbocycles. The molecular formula is C21H23N7O15S5. The molecule has 0 atom stereocenters. The summed E-state index contributed by atoms with van der Waals surface area (Å²) in [6, 6.07) is 9.97. The van der Waals surface area contributed by atoms with Crippen LogP contribution in [0, 0.1) is 0 Å². The van der Waals surface area contributed by atoms with Crippen LogP contribution in [0.15, 0.2) is 83.7 Å². The third-order valence-electron chi connectivity index (χ3n) is 5.34. The second kappa shape index (κ2) is 17.8. The predicted octanol–water partition coefficient (Wildman–Crippen LogP) is 3.87. The van der Waals surface area contributed by atoms with E-state index in [0.29, 0.717) is 12.0 Å². The SMILES string of the molecule is Nc1nc(N)c(/N=N/c2ccc(S(=O)(=O)CCOS(=O)(=O)O)cc2SOOO)cc1/N=N/c1ccc(S(=O)(=O)CCOSOOO)cc1. The van der Waals surface area contributed by atoms with E-state index in [4.69, 9.17) is 30.7 Å². The van der Waals surface area contributed by atoms with Crippen LogP contribution < -0.4 is 11.5 Å². The van der Waals surface area contributed by atoms with Gasteiger partial charge in [0.2, 0.25) is 0 Å². The Morgan fingerprint density at radius 2 is 1.27 bits per heavy atom. The van der Waals surface area contributed by atoms with Crippen LogP contribution in [0.3, 0.4) is 0 Å². The smallest absolute Gasteiger partial charge is 0.382 e. The molecular weight excluding hydrogens is 751 g/mol. The first-order valence-corrected chi connectivity index (χ1v) is 18.3. The molecule has 0 saturated heterocycles. The molecule has 0 aliphatic carbocycles. The van der Waals surface area contributed by atoms with Gasteiger partial charge in [-0.15, -0.1) is 24.0 Å². The molecule has 1 heterocycles. The van der Waals surface area contributed by atoms with E-state index in [-0.39, 0.29) is 68.0 Å². The van der Waals surface area contributed by atoms with Gasteiger partial charge in [0, 0.05) is 6.07 Å². The van der Waals surface area contributed by atoms with Gasteiger partial charge in [0.1, 0.15) is 17.1 Å². The zero-order valence-corrected chi connectivity index (χ0v) is 27.7. The highest BCUT2D eigenvalue weighted by Crippen LogP contribution is 2.36. The Kier molecular flexibility index (Phi) is 14.5. The molecule has 0 bridgehead atoms. The van der Waals surface area contributed by atoms with Crippen molar-refractivity contribution in [3.8, 4) is 0 Å². The summed E-state index contributed by atoms with van der Waals surface area (Å²) in [6.45, 7) is -1.13. The molecule has 0 aliphatic rings. The molecule has 0 spiro atoms. The molecule has 22 nitrogen and oxygen atoms in total. The standard InChI is InChI=1S/C21H23N7O15S5/c22-20-17(27-25-13-1-3-14(4-2-13)46(31,32)9-7-38-45-43-41-30)12-18(21(23)24-20)28-26-16-6-5-15(11-19(16)44-42-40-29)47(33,34)10-8-39-48(35,36)37/h1-6,11-12,29-30H,7-10H2,(H4,22,23,24)(H,35,36,37)/b27-25+,28-26+. The third-order valence-corrected chi connectivity index (χ3v) is 10.2. The Morgan fingerprint density at radius 1 is 0.708 bits per heavy atom. The third kappa shape index (κ3) is 12.2. The highest BCUT2D eigenvalue weighted by atomic mass is 32.3. The summed E-state index contributed by atoms with van der Waals surface area (Å²) in [5.74, 6) is -1.54. The van der Waals surface area contributed by atoms with E-state index in [0.717, 1.165) is 12.1 Å². The van der Waals surface area contributed by atoms with Crippen LogP contribution in [-0.2, 0) is 57.2 Å². The average molecular weight is 774 g/mol. The average Bonchev–Trinajstić information content (AvgIpc) is 3.02. The summed E-state index contributed by atoms with van der Waals surface area (Å²) in [4.78, 5) is 3.53. The zero-order valence-electron chi connectivity index (χ0n) is 23.6. The van der Waals surface area contributed by atoms with Gasteiger partial charge in [-0.2, -0.15) is 13.5 Å². The summed E-state index contributed by atoms with van der Waals surface area (Å²) in [5, 5.41) is 39.4. The van der Waals surface area contributed by atoms with Gasteiger partial charge in [-0.25, -0.2) is 36.5 Å². The molecule has 3 rings (SSSR count). The van der Waals surface area contributed by atoms with Gasteiger partial charge < -0.3 is 11.5 Å². The maximum absolute atomic E-state index is 12.6. The maximum Gasteiger partial charge on any atom is 0.397 e. The summed E-state index contributed by atoms with van der Waals surface area (Å²) >= 11 is 0.590. The van der Waals surface area contributed by atoms with Crippen LogP contribution in [0.25, 0.3) is 0 Å². The fourth-order valence-electron chi connectivity index (χ4n) is 3.21. The molecule has 0 unspecified atom stereocenters. The summed E-state index contributed by atoms with van der Waals surface area (Å²) in [7, 11) is -12.7. The van der Waals surface area contributed by atoms with Crippen LogP contribution in [0.2, 0.25) is 0 Å². The number of anilines is 2. The van der Waals surface area contributed by atoms with Crippen molar-refractivity contribution in [2.45, 2.75) is 14.7 Å². The van der Waals surface area contributed by atoms with Crippen molar-refractivity contribution in [3.05, 3.63) is 48.5 Å². The molecule has 27 heteroatoms. The Bertz CT molecular complexity index is 1950. The summed E-state index contributed by atoms with van der Waals surface area (Å²) < 4.78 is 97.3. The van der Waals surface area contributed by atoms with Crippen molar-refractivity contribution >= 4 is 88.8 Å². The number of pyridine rings is 1. The van der Waals surface area contributed by atoms with Gasteiger partial charge in [-0.1, -0.05) is 10.1 Å². The predicted molar refractivity (Wildman–Crippen MR) is 165 cm³/mol. The Labute approximate surface area is 280 Å². The lowest BCUT2D eigenvalue weighted by molar-refractivity contribution is -0.434. The van der Waals surface area contributed by atoms with E-state index in [2.05, 4.69) is 48.4 Å². The molecule has 48 heavy (non-hydrogen) atoms. The Hall–Kier alpha value is -3.42. The van der Waals surface area contributed by atoms with Gasteiger partial charge in [-0.3, -0.25) is 8.74 Å². The fourth-order valence-corrected chi connectivity index (χ4v) is 6.67. The number of benzene rings is 2. The molecule has 1 aromatic heterocycles. The van der Waals surface area contributed by atoms with Crippen LogP contribution in [0.5, 0.6) is 0 Å². The molecule has 2 aromatic carbocycles. The minimum atomic E-state index is -4.86. The van der Waals surface area contributed by atoms with Gasteiger partial charge in [0.15, 0.2) is 43.6 Å².